The van der Waals surface area contributed by atoms with E-state index < -0.39 is 0 Å². The van der Waals surface area contributed by atoms with Crippen LogP contribution in [0.1, 0.15) is 32.8 Å². The summed E-state index contributed by atoms with van der Waals surface area (Å²) in [4.78, 5) is 2.58. The summed E-state index contributed by atoms with van der Waals surface area (Å²) in [5.74, 6) is 0.732. The lowest BCUT2D eigenvalue weighted by molar-refractivity contribution is 0.0848. The van der Waals surface area contributed by atoms with Crippen LogP contribution in [0, 0.1) is 5.92 Å². The SMILES string of the molecule is C=CCN1CC(C)(c2ccccc2)NCC1CC(C)C. The first-order valence-electron chi connectivity index (χ1n) is 7.70. The van der Waals surface area contributed by atoms with Gasteiger partial charge in [-0.3, -0.25) is 4.90 Å². The Kier molecular flexibility index (Phi) is 5.00. The molecule has 2 nitrogen and oxygen atoms in total. The molecule has 1 aliphatic rings. The van der Waals surface area contributed by atoms with E-state index in [0.717, 1.165) is 25.6 Å². The lowest BCUT2D eigenvalue weighted by atomic mass is 9.86. The Morgan fingerprint density at radius 3 is 2.70 bits per heavy atom. The van der Waals surface area contributed by atoms with Crippen LogP contribution in [0.25, 0.3) is 0 Å². The zero-order chi connectivity index (χ0) is 14.6. The average Bonchev–Trinajstić information content (AvgIpc) is 2.43. The highest BCUT2D eigenvalue weighted by Crippen LogP contribution is 2.28. The maximum absolute atomic E-state index is 3.93. The predicted molar refractivity (Wildman–Crippen MR) is 86.8 cm³/mol. The third-order valence-electron chi connectivity index (χ3n) is 4.28. The number of hydrogen-bond donors (Lipinski definition) is 1. The number of benzene rings is 1. The minimum atomic E-state index is 0.0394. The van der Waals surface area contributed by atoms with Gasteiger partial charge in [0.15, 0.2) is 0 Å². The molecule has 1 aromatic rings. The highest BCUT2D eigenvalue weighted by Gasteiger charge is 2.36. The van der Waals surface area contributed by atoms with Crippen molar-refractivity contribution in [1.82, 2.24) is 10.2 Å². The Labute approximate surface area is 123 Å². The highest BCUT2D eigenvalue weighted by atomic mass is 15.2. The predicted octanol–water partition coefficient (Wildman–Crippen LogP) is 3.41. The molecular weight excluding hydrogens is 244 g/mol. The number of nitrogens with one attached hydrogen (secondary N) is 1. The van der Waals surface area contributed by atoms with Gasteiger partial charge in [0.1, 0.15) is 0 Å². The fourth-order valence-corrected chi connectivity index (χ4v) is 3.22. The first-order valence-corrected chi connectivity index (χ1v) is 7.70. The largest absolute Gasteiger partial charge is 0.305 e. The molecule has 1 aliphatic heterocycles. The van der Waals surface area contributed by atoms with Gasteiger partial charge in [0.2, 0.25) is 0 Å². The second kappa shape index (κ2) is 6.55. The topological polar surface area (TPSA) is 15.3 Å². The molecule has 0 radical (unpaired) electrons. The molecule has 0 bridgehead atoms. The Bertz CT molecular complexity index is 426. The zero-order valence-corrected chi connectivity index (χ0v) is 13.1. The van der Waals surface area contributed by atoms with E-state index in [2.05, 4.69) is 67.9 Å². The van der Waals surface area contributed by atoms with E-state index in [4.69, 9.17) is 0 Å². The second-order valence-electron chi connectivity index (χ2n) is 6.58. The molecule has 0 amide bonds. The molecule has 110 valence electrons. The number of piperazine rings is 1. The third kappa shape index (κ3) is 3.50. The molecule has 1 saturated heterocycles. The smallest absolute Gasteiger partial charge is 0.0535 e. The van der Waals surface area contributed by atoms with Gasteiger partial charge in [0.05, 0.1) is 5.54 Å². The molecule has 1 fully saturated rings. The molecular formula is C18H28N2. The van der Waals surface area contributed by atoms with E-state index in [9.17, 15) is 0 Å². The normalized spacial score (nSPS) is 27.7. The van der Waals surface area contributed by atoms with Gasteiger partial charge in [-0.1, -0.05) is 50.3 Å². The molecule has 2 heteroatoms. The van der Waals surface area contributed by atoms with Gasteiger partial charge in [-0.25, -0.2) is 0 Å². The second-order valence-corrected chi connectivity index (χ2v) is 6.58. The average molecular weight is 272 g/mol. The van der Waals surface area contributed by atoms with E-state index in [-0.39, 0.29) is 5.54 Å². The quantitative estimate of drug-likeness (QED) is 0.826. The third-order valence-corrected chi connectivity index (χ3v) is 4.28. The van der Waals surface area contributed by atoms with Crippen molar-refractivity contribution in [2.75, 3.05) is 19.6 Å². The van der Waals surface area contributed by atoms with Gasteiger partial charge < -0.3 is 5.32 Å². The van der Waals surface area contributed by atoms with E-state index in [1.807, 2.05) is 6.08 Å². The van der Waals surface area contributed by atoms with Crippen LogP contribution in [-0.4, -0.2) is 30.6 Å². The van der Waals surface area contributed by atoms with Crippen LogP contribution >= 0.6 is 0 Å². The summed E-state index contributed by atoms with van der Waals surface area (Å²) in [5, 5.41) is 3.78. The van der Waals surface area contributed by atoms with Crippen molar-refractivity contribution in [3.05, 3.63) is 48.6 Å². The fourth-order valence-electron chi connectivity index (χ4n) is 3.22. The summed E-state index contributed by atoms with van der Waals surface area (Å²) in [7, 11) is 0. The summed E-state index contributed by atoms with van der Waals surface area (Å²) < 4.78 is 0. The summed E-state index contributed by atoms with van der Waals surface area (Å²) in [5.41, 5.74) is 1.41. The lowest BCUT2D eigenvalue weighted by Crippen LogP contribution is -2.61. The van der Waals surface area contributed by atoms with E-state index in [0.29, 0.717) is 6.04 Å². The molecule has 0 saturated carbocycles. The maximum atomic E-state index is 3.93. The summed E-state index contributed by atoms with van der Waals surface area (Å²) in [6.07, 6.45) is 3.27. The fraction of sp³-hybridized carbons (Fsp3) is 0.556. The molecule has 2 atom stereocenters. The van der Waals surface area contributed by atoms with Gasteiger partial charge in [-0.15, -0.1) is 6.58 Å². The van der Waals surface area contributed by atoms with Crippen LogP contribution in [0.4, 0.5) is 0 Å². The van der Waals surface area contributed by atoms with Crippen LogP contribution in [0.3, 0.4) is 0 Å². The minimum absolute atomic E-state index is 0.0394. The van der Waals surface area contributed by atoms with Crippen molar-refractivity contribution < 1.29 is 0 Å². The summed E-state index contributed by atoms with van der Waals surface area (Å²) in [6.45, 7) is 13.9. The Hall–Kier alpha value is -1.12. The van der Waals surface area contributed by atoms with E-state index in [1.54, 1.807) is 0 Å². The van der Waals surface area contributed by atoms with Gasteiger partial charge >= 0.3 is 0 Å². The monoisotopic (exact) mass is 272 g/mol. The summed E-state index contributed by atoms with van der Waals surface area (Å²) >= 11 is 0. The molecule has 1 heterocycles. The Balaban J connectivity index is 2.15. The van der Waals surface area contributed by atoms with Crippen LogP contribution in [-0.2, 0) is 5.54 Å². The molecule has 0 aliphatic carbocycles. The molecule has 0 aromatic heterocycles. The maximum Gasteiger partial charge on any atom is 0.0535 e. The first-order chi connectivity index (χ1) is 9.55. The molecule has 0 spiro atoms. The number of hydrogen-bond acceptors (Lipinski definition) is 2. The van der Waals surface area contributed by atoms with E-state index >= 15 is 0 Å². The van der Waals surface area contributed by atoms with Gasteiger partial charge in [0, 0.05) is 25.7 Å². The molecule has 20 heavy (non-hydrogen) atoms. The van der Waals surface area contributed by atoms with Gasteiger partial charge in [-0.05, 0) is 24.8 Å². The van der Waals surface area contributed by atoms with Crippen LogP contribution < -0.4 is 5.32 Å². The molecule has 2 rings (SSSR count). The van der Waals surface area contributed by atoms with Crippen LogP contribution in [0.15, 0.2) is 43.0 Å². The standard InChI is InChI=1S/C18H28N2/c1-5-11-20-14-18(4,16-9-7-6-8-10-16)19-13-17(20)12-15(2)3/h5-10,15,17,19H,1,11-14H2,2-4H3. The van der Waals surface area contributed by atoms with Crippen molar-refractivity contribution in [3.8, 4) is 0 Å². The minimum Gasteiger partial charge on any atom is -0.305 e. The van der Waals surface area contributed by atoms with Crippen LogP contribution in [0.2, 0.25) is 0 Å². The van der Waals surface area contributed by atoms with Gasteiger partial charge in [0.25, 0.3) is 0 Å². The number of rotatable bonds is 5. The van der Waals surface area contributed by atoms with Gasteiger partial charge in [-0.2, -0.15) is 0 Å². The zero-order valence-electron chi connectivity index (χ0n) is 13.1. The molecule has 2 unspecified atom stereocenters. The van der Waals surface area contributed by atoms with Crippen molar-refractivity contribution in [1.29, 1.82) is 0 Å². The highest BCUT2D eigenvalue weighted by molar-refractivity contribution is 5.25. The Morgan fingerprint density at radius 2 is 2.10 bits per heavy atom. The van der Waals surface area contributed by atoms with E-state index in [1.165, 1.54) is 12.0 Å². The molecule has 1 aromatic carbocycles. The number of nitrogens with zero attached hydrogens (tertiary/aromatic N) is 1. The lowest BCUT2D eigenvalue weighted by Gasteiger charge is -2.47. The van der Waals surface area contributed by atoms with Crippen molar-refractivity contribution in [2.24, 2.45) is 5.92 Å². The molecule has 1 N–H and O–H groups in total. The van der Waals surface area contributed by atoms with Crippen molar-refractivity contribution in [2.45, 2.75) is 38.8 Å². The van der Waals surface area contributed by atoms with Crippen molar-refractivity contribution in [3.63, 3.8) is 0 Å². The Morgan fingerprint density at radius 1 is 1.40 bits per heavy atom. The summed E-state index contributed by atoms with van der Waals surface area (Å²) in [6, 6.07) is 11.4. The van der Waals surface area contributed by atoms with Crippen molar-refractivity contribution >= 4 is 0 Å². The van der Waals surface area contributed by atoms with Crippen LogP contribution in [0.5, 0.6) is 0 Å². The first kappa shape index (κ1) is 15.3.